The number of H-pyrrole nitrogens is 1. The molecular formula is C23H25FN4O2. The van der Waals surface area contributed by atoms with Crippen LogP contribution in [0.2, 0.25) is 0 Å². The number of anilines is 1. The van der Waals surface area contributed by atoms with Crippen molar-refractivity contribution in [1.82, 2.24) is 15.0 Å². The maximum absolute atomic E-state index is 13.1. The van der Waals surface area contributed by atoms with Crippen molar-refractivity contribution in [2.24, 2.45) is 5.92 Å². The molecule has 0 spiro atoms. The van der Waals surface area contributed by atoms with Crippen molar-refractivity contribution in [1.29, 1.82) is 0 Å². The van der Waals surface area contributed by atoms with E-state index in [0.29, 0.717) is 12.2 Å². The molecule has 0 bridgehead atoms. The molecule has 1 aromatic carbocycles. The molecular weight excluding hydrogens is 383 g/mol. The van der Waals surface area contributed by atoms with E-state index >= 15 is 0 Å². The average molecular weight is 408 g/mol. The van der Waals surface area contributed by atoms with Crippen LogP contribution < -0.4 is 10.5 Å². The molecule has 6 nitrogen and oxygen atoms in total. The topological polar surface area (TPSA) is 82.1 Å². The molecule has 1 aliphatic rings. The number of nitrogens with one attached hydrogen (secondary N) is 1. The fourth-order valence-electron chi connectivity index (χ4n) is 3.92. The molecule has 2 N–H and O–H groups in total. The fraction of sp³-hybridized carbons (Fsp3) is 0.348. The van der Waals surface area contributed by atoms with E-state index in [2.05, 4.69) is 19.9 Å². The van der Waals surface area contributed by atoms with Crippen LogP contribution in [0.5, 0.6) is 0 Å². The van der Waals surface area contributed by atoms with Crippen molar-refractivity contribution in [3.8, 4) is 11.4 Å². The Morgan fingerprint density at radius 3 is 2.57 bits per heavy atom. The van der Waals surface area contributed by atoms with Crippen molar-refractivity contribution in [3.63, 3.8) is 0 Å². The largest absolute Gasteiger partial charge is 0.388 e. The highest BCUT2D eigenvalue weighted by Gasteiger charge is 2.26. The molecule has 3 aromatic rings. The summed E-state index contributed by atoms with van der Waals surface area (Å²) in [4.78, 5) is 25.8. The van der Waals surface area contributed by atoms with Gasteiger partial charge in [0.05, 0.1) is 6.10 Å². The maximum Gasteiger partial charge on any atom is 0.251 e. The van der Waals surface area contributed by atoms with Crippen LogP contribution >= 0.6 is 0 Å². The smallest absolute Gasteiger partial charge is 0.251 e. The van der Waals surface area contributed by atoms with Gasteiger partial charge in [-0.2, -0.15) is 0 Å². The molecule has 0 radical (unpaired) electrons. The summed E-state index contributed by atoms with van der Waals surface area (Å²) in [6.45, 7) is 3.54. The lowest BCUT2D eigenvalue weighted by atomic mass is 9.87. The first-order valence-electron chi connectivity index (χ1n) is 10.3. The van der Waals surface area contributed by atoms with E-state index < -0.39 is 6.10 Å². The number of aromatic nitrogens is 3. The molecule has 30 heavy (non-hydrogen) atoms. The van der Waals surface area contributed by atoms with E-state index in [4.69, 9.17) is 0 Å². The second kappa shape index (κ2) is 8.75. The molecule has 4 rings (SSSR count). The third kappa shape index (κ3) is 4.41. The molecule has 0 saturated carbocycles. The Kier molecular flexibility index (Phi) is 5.90. The average Bonchev–Trinajstić information content (AvgIpc) is 2.79. The van der Waals surface area contributed by atoms with Crippen molar-refractivity contribution >= 4 is 5.82 Å². The second-order valence-electron chi connectivity index (χ2n) is 7.66. The minimum Gasteiger partial charge on any atom is -0.388 e. The van der Waals surface area contributed by atoms with Crippen LogP contribution in [0.4, 0.5) is 10.2 Å². The number of piperidine rings is 1. The highest BCUT2D eigenvalue weighted by Crippen LogP contribution is 2.32. The van der Waals surface area contributed by atoms with Gasteiger partial charge in [-0.15, -0.1) is 0 Å². The molecule has 1 unspecified atom stereocenters. The Morgan fingerprint density at radius 1 is 1.20 bits per heavy atom. The SMILES string of the molecule is CCc1cc(=O)[nH]c(-c2ccc(N3CCC(C(O)c4ccc(F)cc4)CC3)nc2)n1. The van der Waals surface area contributed by atoms with E-state index in [9.17, 15) is 14.3 Å². The Hall–Kier alpha value is -3.06. The number of hydrogen-bond donors (Lipinski definition) is 2. The predicted octanol–water partition coefficient (Wildman–Crippen LogP) is 3.48. The Bertz CT molecular complexity index is 1040. The van der Waals surface area contributed by atoms with Gasteiger partial charge in [0.25, 0.3) is 5.56 Å². The van der Waals surface area contributed by atoms with E-state index in [1.54, 1.807) is 18.3 Å². The number of aromatic amines is 1. The van der Waals surface area contributed by atoms with Crippen LogP contribution in [0.3, 0.4) is 0 Å². The first-order valence-corrected chi connectivity index (χ1v) is 10.3. The molecule has 156 valence electrons. The fourth-order valence-corrected chi connectivity index (χ4v) is 3.92. The normalized spacial score (nSPS) is 15.9. The molecule has 7 heteroatoms. The number of halogens is 1. The Morgan fingerprint density at radius 2 is 1.93 bits per heavy atom. The summed E-state index contributed by atoms with van der Waals surface area (Å²) in [5.74, 6) is 1.23. The van der Waals surface area contributed by atoms with E-state index in [1.165, 1.54) is 18.2 Å². The lowest BCUT2D eigenvalue weighted by Crippen LogP contribution is -2.36. The number of nitrogens with zero attached hydrogens (tertiary/aromatic N) is 3. The number of aliphatic hydroxyl groups excluding tert-OH is 1. The summed E-state index contributed by atoms with van der Waals surface area (Å²) in [6, 6.07) is 11.4. The highest BCUT2D eigenvalue weighted by atomic mass is 19.1. The van der Waals surface area contributed by atoms with Crippen LogP contribution in [0.25, 0.3) is 11.4 Å². The third-order valence-electron chi connectivity index (χ3n) is 5.70. The van der Waals surface area contributed by atoms with Crippen molar-refractivity contribution < 1.29 is 9.50 Å². The molecule has 0 amide bonds. The number of benzene rings is 1. The number of pyridine rings is 1. The van der Waals surface area contributed by atoms with Gasteiger partial charge in [0.1, 0.15) is 17.5 Å². The minimum atomic E-state index is -0.586. The molecule has 3 heterocycles. The predicted molar refractivity (Wildman–Crippen MR) is 114 cm³/mol. The van der Waals surface area contributed by atoms with Gasteiger partial charge in [0.15, 0.2) is 0 Å². The van der Waals surface area contributed by atoms with Gasteiger partial charge < -0.3 is 15.0 Å². The van der Waals surface area contributed by atoms with E-state index in [-0.39, 0.29) is 17.3 Å². The summed E-state index contributed by atoms with van der Waals surface area (Å²) < 4.78 is 13.1. The van der Waals surface area contributed by atoms with Crippen molar-refractivity contribution in [2.45, 2.75) is 32.3 Å². The van der Waals surface area contributed by atoms with Crippen molar-refractivity contribution in [3.05, 3.63) is 76.1 Å². The van der Waals surface area contributed by atoms with Crippen LogP contribution in [0, 0.1) is 11.7 Å². The minimum absolute atomic E-state index is 0.136. The Labute approximate surface area is 174 Å². The maximum atomic E-state index is 13.1. The van der Waals surface area contributed by atoms with Gasteiger partial charge in [0, 0.05) is 36.6 Å². The van der Waals surface area contributed by atoms with Crippen LogP contribution in [-0.4, -0.2) is 33.1 Å². The van der Waals surface area contributed by atoms with Gasteiger partial charge in [-0.3, -0.25) is 4.79 Å². The molecule has 1 aliphatic heterocycles. The number of aliphatic hydroxyl groups is 1. The molecule has 0 aliphatic carbocycles. The van der Waals surface area contributed by atoms with Crippen LogP contribution in [-0.2, 0) is 6.42 Å². The molecule has 1 saturated heterocycles. The van der Waals surface area contributed by atoms with Crippen molar-refractivity contribution in [2.75, 3.05) is 18.0 Å². The zero-order valence-electron chi connectivity index (χ0n) is 16.9. The van der Waals surface area contributed by atoms with Gasteiger partial charge in [0.2, 0.25) is 0 Å². The van der Waals surface area contributed by atoms with Gasteiger partial charge in [-0.1, -0.05) is 19.1 Å². The summed E-state index contributed by atoms with van der Waals surface area (Å²) >= 11 is 0. The Balaban J connectivity index is 1.41. The molecule has 2 aromatic heterocycles. The lowest BCUT2D eigenvalue weighted by Gasteiger charge is -2.35. The first kappa shape index (κ1) is 20.2. The monoisotopic (exact) mass is 408 g/mol. The van der Waals surface area contributed by atoms with Gasteiger partial charge in [-0.05, 0) is 55.0 Å². The highest BCUT2D eigenvalue weighted by molar-refractivity contribution is 5.56. The van der Waals surface area contributed by atoms with E-state index in [0.717, 1.165) is 48.6 Å². The second-order valence-corrected chi connectivity index (χ2v) is 7.66. The first-order chi connectivity index (χ1) is 14.5. The molecule has 1 atom stereocenters. The number of aryl methyl sites for hydroxylation is 1. The standard InChI is InChI=1S/C23H25FN4O2/c1-2-19-13-21(29)27-23(26-19)17-5-8-20(25-14-17)28-11-9-16(10-12-28)22(30)15-3-6-18(24)7-4-15/h3-8,13-14,16,22,30H,2,9-12H2,1H3,(H,26,27,29). The van der Waals surface area contributed by atoms with Crippen LogP contribution in [0.1, 0.15) is 37.1 Å². The lowest BCUT2D eigenvalue weighted by molar-refractivity contribution is 0.0928. The number of rotatable bonds is 5. The summed E-state index contributed by atoms with van der Waals surface area (Å²) in [6.07, 6.45) is 3.50. The summed E-state index contributed by atoms with van der Waals surface area (Å²) in [5.41, 5.74) is 2.11. The zero-order chi connectivity index (χ0) is 21.1. The quantitative estimate of drug-likeness (QED) is 0.675. The van der Waals surface area contributed by atoms with Crippen LogP contribution in [0.15, 0.2) is 53.5 Å². The third-order valence-corrected chi connectivity index (χ3v) is 5.70. The van der Waals surface area contributed by atoms with Gasteiger partial charge in [-0.25, -0.2) is 14.4 Å². The number of hydrogen-bond acceptors (Lipinski definition) is 5. The van der Waals surface area contributed by atoms with E-state index in [1.807, 2.05) is 19.1 Å². The summed E-state index contributed by atoms with van der Waals surface area (Å²) in [5, 5.41) is 10.6. The van der Waals surface area contributed by atoms with Gasteiger partial charge >= 0.3 is 0 Å². The zero-order valence-corrected chi connectivity index (χ0v) is 16.9. The molecule has 1 fully saturated rings. The summed E-state index contributed by atoms with van der Waals surface area (Å²) in [7, 11) is 0.